The molecule has 2 heteroatoms. The summed E-state index contributed by atoms with van der Waals surface area (Å²) in [6, 6.07) is 52.9. The van der Waals surface area contributed by atoms with Crippen LogP contribution in [0.5, 0.6) is 0 Å². The molecule has 0 aliphatic carbocycles. The van der Waals surface area contributed by atoms with E-state index in [0.29, 0.717) is 0 Å². The Bertz CT molecular complexity index is 2600. The van der Waals surface area contributed by atoms with E-state index < -0.39 is 0 Å². The number of benzene rings is 7. The number of fused-ring (bicyclic) bond motifs is 7. The van der Waals surface area contributed by atoms with Gasteiger partial charge in [-0.1, -0.05) is 109 Å². The van der Waals surface area contributed by atoms with E-state index in [1.807, 2.05) is 12.3 Å². The summed E-state index contributed by atoms with van der Waals surface area (Å²) >= 11 is 0. The van der Waals surface area contributed by atoms with Crippen molar-refractivity contribution in [2.24, 2.45) is 0 Å². The Hall–Kier alpha value is -5.99. The zero-order valence-corrected chi connectivity index (χ0v) is 25.5. The van der Waals surface area contributed by atoms with Crippen LogP contribution < -0.4 is 0 Å². The summed E-state index contributed by atoms with van der Waals surface area (Å²) in [6.45, 7) is 2.09. The molecule has 0 saturated carbocycles. The van der Waals surface area contributed by atoms with E-state index in [9.17, 15) is 0 Å². The lowest BCUT2D eigenvalue weighted by molar-refractivity contribution is 1.18. The highest BCUT2D eigenvalue weighted by Crippen LogP contribution is 2.40. The Morgan fingerprint density at radius 3 is 2.09 bits per heavy atom. The number of allylic oxidation sites excluding steroid dienone is 1. The first-order valence-electron chi connectivity index (χ1n) is 15.8. The van der Waals surface area contributed by atoms with Gasteiger partial charge in [-0.15, -0.1) is 0 Å². The Morgan fingerprint density at radius 1 is 0.522 bits per heavy atom. The van der Waals surface area contributed by atoms with Crippen LogP contribution in [0.25, 0.3) is 88.3 Å². The second-order valence-corrected chi connectivity index (χ2v) is 12.0. The van der Waals surface area contributed by atoms with Crippen molar-refractivity contribution in [2.75, 3.05) is 0 Å². The normalized spacial score (nSPS) is 11.9. The Labute approximate surface area is 267 Å². The van der Waals surface area contributed by atoms with Gasteiger partial charge in [0.25, 0.3) is 0 Å². The van der Waals surface area contributed by atoms with Crippen LogP contribution in [0, 0.1) is 0 Å². The van der Waals surface area contributed by atoms with Gasteiger partial charge in [-0.3, -0.25) is 4.98 Å². The molecule has 0 saturated heterocycles. The first-order chi connectivity index (χ1) is 22.8. The number of para-hydroxylation sites is 3. The third-order valence-electron chi connectivity index (χ3n) is 9.27. The molecule has 9 aromatic rings. The summed E-state index contributed by atoms with van der Waals surface area (Å²) in [5.74, 6) is 0. The molecule has 0 aliphatic rings. The van der Waals surface area contributed by atoms with Gasteiger partial charge in [-0.05, 0) is 99.3 Å². The van der Waals surface area contributed by atoms with Gasteiger partial charge in [0.1, 0.15) is 0 Å². The summed E-state index contributed by atoms with van der Waals surface area (Å²) in [6.07, 6.45) is 6.36. The van der Waals surface area contributed by atoms with E-state index in [2.05, 4.69) is 163 Å². The first kappa shape index (κ1) is 26.4. The molecular formula is C44H30N2. The van der Waals surface area contributed by atoms with Crippen LogP contribution in [0.2, 0.25) is 0 Å². The van der Waals surface area contributed by atoms with Crippen LogP contribution in [0.3, 0.4) is 0 Å². The van der Waals surface area contributed by atoms with Gasteiger partial charge in [0, 0.05) is 33.6 Å². The maximum absolute atomic E-state index is 4.84. The average Bonchev–Trinajstić information content (AvgIpc) is 3.45. The van der Waals surface area contributed by atoms with Gasteiger partial charge in [0.05, 0.1) is 16.6 Å². The van der Waals surface area contributed by atoms with Crippen LogP contribution in [0.4, 0.5) is 0 Å². The lowest BCUT2D eigenvalue weighted by Gasteiger charge is -2.16. The summed E-state index contributed by atoms with van der Waals surface area (Å²) in [4.78, 5) is 4.84. The van der Waals surface area contributed by atoms with Gasteiger partial charge in [-0.2, -0.15) is 0 Å². The van der Waals surface area contributed by atoms with Crippen LogP contribution in [0.15, 0.2) is 158 Å². The fourth-order valence-corrected chi connectivity index (χ4v) is 7.22. The van der Waals surface area contributed by atoms with E-state index in [0.717, 1.165) is 27.7 Å². The fourth-order valence-electron chi connectivity index (χ4n) is 7.22. The summed E-state index contributed by atoms with van der Waals surface area (Å²) in [5, 5.41) is 8.67. The predicted octanol–water partition coefficient (Wildman–Crippen LogP) is 12.0. The van der Waals surface area contributed by atoms with E-state index >= 15 is 0 Å². The quantitative estimate of drug-likeness (QED) is 0.188. The molecule has 7 aromatic carbocycles. The molecule has 2 heterocycles. The molecule has 9 rings (SSSR count). The molecule has 0 N–H and O–H groups in total. The molecule has 0 bridgehead atoms. The summed E-state index contributed by atoms with van der Waals surface area (Å²) in [7, 11) is 0. The van der Waals surface area contributed by atoms with Gasteiger partial charge in [-0.25, -0.2) is 0 Å². The minimum Gasteiger partial charge on any atom is -0.309 e. The van der Waals surface area contributed by atoms with Crippen molar-refractivity contribution in [1.29, 1.82) is 0 Å². The molecule has 0 unspecified atom stereocenters. The Balaban J connectivity index is 1.34. The SMILES string of the molecule is C/C=C\c1cccc2ccc3c(-c4cccc(-n5c6ccccc6c6ccccc65)c4)cc(-c4cnc5ccccc5c4)cc3c12. The van der Waals surface area contributed by atoms with Crippen molar-refractivity contribution in [3.8, 4) is 27.9 Å². The van der Waals surface area contributed by atoms with Gasteiger partial charge in [0.15, 0.2) is 0 Å². The predicted molar refractivity (Wildman–Crippen MR) is 197 cm³/mol. The lowest BCUT2D eigenvalue weighted by Crippen LogP contribution is -1.95. The third-order valence-corrected chi connectivity index (χ3v) is 9.27. The largest absolute Gasteiger partial charge is 0.309 e. The Kier molecular flexibility index (Phi) is 6.07. The average molecular weight is 587 g/mol. The smallest absolute Gasteiger partial charge is 0.0702 e. The first-order valence-corrected chi connectivity index (χ1v) is 15.8. The molecule has 216 valence electrons. The Morgan fingerprint density at radius 2 is 1.26 bits per heavy atom. The maximum Gasteiger partial charge on any atom is 0.0702 e. The molecule has 0 amide bonds. The topological polar surface area (TPSA) is 17.8 Å². The standard InChI is InChI=1S/C44H30N2/c1-2-11-29-13-9-14-30-22-23-36-39(26-33(27-40(36)44(29)30)34-24-32-12-3-6-19-41(32)45-28-34)31-15-10-16-35(25-31)46-42-20-7-4-17-37(42)38-18-5-8-21-43(38)46/h2-28H,1H3/b11-2-. The number of hydrogen-bond acceptors (Lipinski definition) is 1. The maximum atomic E-state index is 4.84. The van der Waals surface area contributed by atoms with Crippen molar-refractivity contribution in [1.82, 2.24) is 9.55 Å². The monoisotopic (exact) mass is 586 g/mol. The summed E-state index contributed by atoms with van der Waals surface area (Å²) < 4.78 is 2.40. The van der Waals surface area contributed by atoms with Crippen molar-refractivity contribution in [2.45, 2.75) is 6.92 Å². The summed E-state index contributed by atoms with van der Waals surface area (Å²) in [5.41, 5.74) is 10.5. The highest BCUT2D eigenvalue weighted by Gasteiger charge is 2.16. The minimum atomic E-state index is 1.01. The molecule has 0 radical (unpaired) electrons. The number of aromatic nitrogens is 2. The van der Waals surface area contributed by atoms with Crippen LogP contribution in [-0.4, -0.2) is 9.55 Å². The van der Waals surface area contributed by atoms with Gasteiger partial charge in [0.2, 0.25) is 0 Å². The number of hydrogen-bond donors (Lipinski definition) is 0. The van der Waals surface area contributed by atoms with E-state index in [4.69, 9.17) is 4.98 Å². The third kappa shape index (κ3) is 4.15. The zero-order chi connectivity index (χ0) is 30.6. The van der Waals surface area contributed by atoms with Gasteiger partial charge < -0.3 is 4.57 Å². The minimum absolute atomic E-state index is 1.01. The molecule has 0 atom stereocenters. The highest BCUT2D eigenvalue weighted by molar-refractivity contribution is 6.16. The van der Waals surface area contributed by atoms with Crippen LogP contribution in [0.1, 0.15) is 12.5 Å². The zero-order valence-electron chi connectivity index (χ0n) is 25.5. The van der Waals surface area contributed by atoms with E-state index in [-0.39, 0.29) is 0 Å². The molecule has 0 spiro atoms. The van der Waals surface area contributed by atoms with Crippen molar-refractivity contribution in [3.63, 3.8) is 0 Å². The van der Waals surface area contributed by atoms with E-state index in [1.54, 1.807) is 0 Å². The number of rotatable bonds is 4. The molecule has 2 aromatic heterocycles. The number of nitrogens with zero attached hydrogens (tertiary/aromatic N) is 2. The fraction of sp³-hybridized carbons (Fsp3) is 0.0227. The van der Waals surface area contributed by atoms with Crippen molar-refractivity contribution < 1.29 is 0 Å². The van der Waals surface area contributed by atoms with Gasteiger partial charge >= 0.3 is 0 Å². The van der Waals surface area contributed by atoms with Crippen molar-refractivity contribution >= 4 is 60.3 Å². The van der Waals surface area contributed by atoms with Crippen molar-refractivity contribution in [3.05, 3.63) is 163 Å². The molecule has 46 heavy (non-hydrogen) atoms. The second-order valence-electron chi connectivity index (χ2n) is 12.0. The van der Waals surface area contributed by atoms with Crippen LogP contribution in [-0.2, 0) is 0 Å². The lowest BCUT2D eigenvalue weighted by atomic mass is 9.89. The molecular weight excluding hydrogens is 556 g/mol. The molecule has 0 fully saturated rings. The second kappa shape index (κ2) is 10.6. The molecule has 2 nitrogen and oxygen atoms in total. The molecule has 0 aliphatic heterocycles. The number of pyridine rings is 1. The van der Waals surface area contributed by atoms with Crippen LogP contribution >= 0.6 is 0 Å². The highest BCUT2D eigenvalue weighted by atomic mass is 15.0. The van der Waals surface area contributed by atoms with E-state index in [1.165, 1.54) is 60.0 Å².